The molecule has 1 aromatic heterocycles. The minimum atomic E-state index is -0.318. The maximum Gasteiger partial charge on any atom is 0.295 e. The molecular weight excluding hydrogens is 276 g/mol. The lowest BCUT2D eigenvalue weighted by Gasteiger charge is -2.03. The van der Waals surface area contributed by atoms with Gasteiger partial charge in [-0.05, 0) is 38.1 Å². The summed E-state index contributed by atoms with van der Waals surface area (Å²) in [5.74, 6) is 0.504. The summed E-state index contributed by atoms with van der Waals surface area (Å²) < 4.78 is 1.66. The Morgan fingerprint density at radius 1 is 1.00 bits per heavy atom. The summed E-state index contributed by atoms with van der Waals surface area (Å²) >= 11 is 0. The van der Waals surface area contributed by atoms with Gasteiger partial charge in [0.25, 0.3) is 5.91 Å². The fourth-order valence-corrected chi connectivity index (χ4v) is 2.12. The summed E-state index contributed by atoms with van der Waals surface area (Å²) in [6.45, 7) is 3.82. The Morgan fingerprint density at radius 2 is 1.68 bits per heavy atom. The van der Waals surface area contributed by atoms with E-state index in [1.807, 2.05) is 68.4 Å². The number of anilines is 1. The van der Waals surface area contributed by atoms with Gasteiger partial charge in [-0.15, -0.1) is 5.10 Å². The molecule has 0 radical (unpaired) electrons. The largest absolute Gasteiger partial charge is 0.319 e. The van der Waals surface area contributed by atoms with E-state index in [0.29, 0.717) is 5.82 Å². The van der Waals surface area contributed by atoms with Gasteiger partial charge in [0.05, 0.1) is 5.69 Å². The number of aromatic nitrogens is 3. The smallest absolute Gasteiger partial charge is 0.295 e. The van der Waals surface area contributed by atoms with Crippen molar-refractivity contribution >= 4 is 11.6 Å². The SMILES string of the molecule is Cc1ccc(NC(=O)c2nc(C)n(-c3ccccc3)n2)cc1. The van der Waals surface area contributed by atoms with Crippen LogP contribution < -0.4 is 5.32 Å². The zero-order valence-electron chi connectivity index (χ0n) is 12.4. The monoisotopic (exact) mass is 292 g/mol. The predicted molar refractivity (Wildman–Crippen MR) is 85.2 cm³/mol. The number of hydrogen-bond donors (Lipinski definition) is 1. The summed E-state index contributed by atoms with van der Waals surface area (Å²) in [6, 6.07) is 17.2. The fraction of sp³-hybridized carbons (Fsp3) is 0.118. The number of nitrogens with zero attached hydrogens (tertiary/aromatic N) is 3. The molecule has 0 aliphatic rings. The summed E-state index contributed by atoms with van der Waals surface area (Å²) in [7, 11) is 0. The maximum atomic E-state index is 12.2. The van der Waals surface area contributed by atoms with Crippen molar-refractivity contribution in [1.29, 1.82) is 0 Å². The van der Waals surface area contributed by atoms with Crippen LogP contribution in [0.25, 0.3) is 5.69 Å². The highest BCUT2D eigenvalue weighted by atomic mass is 16.2. The van der Waals surface area contributed by atoms with E-state index in [4.69, 9.17) is 0 Å². The zero-order valence-corrected chi connectivity index (χ0v) is 12.4. The van der Waals surface area contributed by atoms with Gasteiger partial charge in [0.15, 0.2) is 0 Å². The second-order valence-corrected chi connectivity index (χ2v) is 5.05. The van der Waals surface area contributed by atoms with Gasteiger partial charge >= 0.3 is 0 Å². The Labute approximate surface area is 128 Å². The lowest BCUT2D eigenvalue weighted by Crippen LogP contribution is -2.14. The van der Waals surface area contributed by atoms with E-state index >= 15 is 0 Å². The molecule has 3 rings (SSSR count). The molecule has 0 bridgehead atoms. The molecule has 0 aliphatic carbocycles. The second kappa shape index (κ2) is 5.81. The Morgan fingerprint density at radius 3 is 2.36 bits per heavy atom. The van der Waals surface area contributed by atoms with Crippen LogP contribution in [0.15, 0.2) is 54.6 Å². The van der Waals surface area contributed by atoms with Crippen LogP contribution in [0.5, 0.6) is 0 Å². The molecule has 0 aliphatic heterocycles. The standard InChI is InChI=1S/C17H16N4O/c1-12-8-10-14(11-9-12)19-17(22)16-18-13(2)21(20-16)15-6-4-3-5-7-15/h3-11H,1-2H3,(H,19,22). The molecule has 22 heavy (non-hydrogen) atoms. The lowest BCUT2D eigenvalue weighted by molar-refractivity contribution is 0.101. The van der Waals surface area contributed by atoms with Gasteiger partial charge in [0.2, 0.25) is 5.82 Å². The van der Waals surface area contributed by atoms with Gasteiger partial charge in [-0.2, -0.15) is 0 Å². The van der Waals surface area contributed by atoms with Gasteiger partial charge in [-0.1, -0.05) is 35.9 Å². The van der Waals surface area contributed by atoms with Crippen LogP contribution >= 0.6 is 0 Å². The van der Waals surface area contributed by atoms with Crippen molar-refractivity contribution in [2.24, 2.45) is 0 Å². The van der Waals surface area contributed by atoms with E-state index in [1.165, 1.54) is 0 Å². The second-order valence-electron chi connectivity index (χ2n) is 5.05. The van der Waals surface area contributed by atoms with Crippen LogP contribution in [0.2, 0.25) is 0 Å². The highest BCUT2D eigenvalue weighted by Crippen LogP contribution is 2.12. The summed E-state index contributed by atoms with van der Waals surface area (Å²) in [6.07, 6.45) is 0. The van der Waals surface area contributed by atoms with E-state index in [-0.39, 0.29) is 11.7 Å². The predicted octanol–water partition coefficient (Wildman–Crippen LogP) is 3.14. The average molecular weight is 292 g/mol. The van der Waals surface area contributed by atoms with Crippen molar-refractivity contribution < 1.29 is 4.79 Å². The van der Waals surface area contributed by atoms with Crippen LogP contribution in [0, 0.1) is 13.8 Å². The Hall–Kier alpha value is -2.95. The lowest BCUT2D eigenvalue weighted by atomic mass is 10.2. The topological polar surface area (TPSA) is 59.8 Å². The number of hydrogen-bond acceptors (Lipinski definition) is 3. The van der Waals surface area contributed by atoms with E-state index < -0.39 is 0 Å². The third kappa shape index (κ3) is 2.88. The molecule has 0 atom stereocenters. The van der Waals surface area contributed by atoms with E-state index in [9.17, 15) is 4.79 Å². The van der Waals surface area contributed by atoms with Crippen LogP contribution in [0.4, 0.5) is 5.69 Å². The first-order valence-electron chi connectivity index (χ1n) is 7.00. The number of benzene rings is 2. The molecule has 0 fully saturated rings. The van der Waals surface area contributed by atoms with Crippen molar-refractivity contribution in [3.05, 3.63) is 71.8 Å². The van der Waals surface area contributed by atoms with E-state index in [0.717, 1.165) is 16.9 Å². The number of nitrogens with one attached hydrogen (secondary N) is 1. The first-order chi connectivity index (χ1) is 10.6. The number of carbonyl (C=O) groups is 1. The molecule has 0 saturated carbocycles. The number of para-hydroxylation sites is 1. The third-order valence-corrected chi connectivity index (χ3v) is 3.28. The summed E-state index contributed by atoms with van der Waals surface area (Å²) in [5, 5.41) is 7.09. The molecule has 2 aromatic carbocycles. The third-order valence-electron chi connectivity index (χ3n) is 3.28. The molecule has 0 unspecified atom stereocenters. The molecule has 3 aromatic rings. The molecule has 5 nitrogen and oxygen atoms in total. The van der Waals surface area contributed by atoms with Gasteiger partial charge in [0.1, 0.15) is 5.82 Å². The molecular formula is C17H16N4O. The first-order valence-corrected chi connectivity index (χ1v) is 7.00. The molecule has 5 heteroatoms. The normalized spacial score (nSPS) is 10.5. The van der Waals surface area contributed by atoms with Crippen molar-refractivity contribution in [3.63, 3.8) is 0 Å². The minimum absolute atomic E-state index is 0.155. The Kier molecular flexibility index (Phi) is 3.70. The number of carbonyl (C=O) groups excluding carboxylic acids is 1. The maximum absolute atomic E-state index is 12.2. The number of amides is 1. The van der Waals surface area contributed by atoms with Crippen molar-refractivity contribution in [2.45, 2.75) is 13.8 Å². The van der Waals surface area contributed by atoms with E-state index in [1.54, 1.807) is 4.68 Å². The van der Waals surface area contributed by atoms with Gasteiger partial charge < -0.3 is 5.32 Å². The Bertz CT molecular complexity index is 791. The number of aryl methyl sites for hydroxylation is 2. The molecule has 1 amide bonds. The fourth-order valence-electron chi connectivity index (χ4n) is 2.12. The van der Waals surface area contributed by atoms with Crippen LogP contribution in [0.3, 0.4) is 0 Å². The quantitative estimate of drug-likeness (QED) is 0.806. The highest BCUT2D eigenvalue weighted by molar-refractivity contribution is 6.01. The van der Waals surface area contributed by atoms with Gasteiger partial charge in [-0.25, -0.2) is 9.67 Å². The zero-order chi connectivity index (χ0) is 15.5. The summed E-state index contributed by atoms with van der Waals surface area (Å²) in [5.41, 5.74) is 2.74. The Balaban J connectivity index is 1.83. The molecule has 110 valence electrons. The van der Waals surface area contributed by atoms with Crippen molar-refractivity contribution in [3.8, 4) is 5.69 Å². The minimum Gasteiger partial charge on any atom is -0.319 e. The highest BCUT2D eigenvalue weighted by Gasteiger charge is 2.15. The van der Waals surface area contributed by atoms with E-state index in [2.05, 4.69) is 15.4 Å². The van der Waals surface area contributed by atoms with Crippen molar-refractivity contribution in [2.75, 3.05) is 5.32 Å². The van der Waals surface area contributed by atoms with Crippen LogP contribution in [-0.2, 0) is 0 Å². The first kappa shape index (κ1) is 14.0. The molecule has 1 heterocycles. The molecule has 0 saturated heterocycles. The molecule has 0 spiro atoms. The van der Waals surface area contributed by atoms with Crippen LogP contribution in [0.1, 0.15) is 22.0 Å². The summed E-state index contributed by atoms with van der Waals surface area (Å²) in [4.78, 5) is 16.5. The average Bonchev–Trinajstić information content (AvgIpc) is 2.92. The van der Waals surface area contributed by atoms with Crippen LogP contribution in [-0.4, -0.2) is 20.7 Å². The van der Waals surface area contributed by atoms with Gasteiger partial charge in [0, 0.05) is 5.69 Å². The van der Waals surface area contributed by atoms with Gasteiger partial charge in [-0.3, -0.25) is 4.79 Å². The molecule has 1 N–H and O–H groups in total. The number of rotatable bonds is 3. The van der Waals surface area contributed by atoms with Crippen molar-refractivity contribution in [1.82, 2.24) is 14.8 Å².